The Morgan fingerprint density at radius 2 is 1.91 bits per heavy atom. The van der Waals surface area contributed by atoms with Crippen LogP contribution in [0.4, 0.5) is 0 Å². The zero-order valence-corrected chi connectivity index (χ0v) is 14.0. The second-order valence-electron chi connectivity index (χ2n) is 7.00. The van der Waals surface area contributed by atoms with Crippen LogP contribution in [0.5, 0.6) is 0 Å². The minimum Gasteiger partial charge on any atom is -0.297 e. The second-order valence-corrected chi connectivity index (χ2v) is 8.89. The van der Waals surface area contributed by atoms with Gasteiger partial charge < -0.3 is 0 Å². The smallest absolute Gasteiger partial charge is 0.243 e. The van der Waals surface area contributed by atoms with Gasteiger partial charge in [0.15, 0.2) is 0 Å². The van der Waals surface area contributed by atoms with Gasteiger partial charge in [0.25, 0.3) is 0 Å². The van der Waals surface area contributed by atoms with E-state index in [9.17, 15) is 8.42 Å². The fraction of sp³-hybridized carbons (Fsp3) is 0.647. The molecule has 0 radical (unpaired) electrons. The summed E-state index contributed by atoms with van der Waals surface area (Å²) in [5.41, 5.74) is 2.56. The largest absolute Gasteiger partial charge is 0.297 e. The molecule has 2 atom stereocenters. The topological polar surface area (TPSA) is 40.6 Å². The van der Waals surface area contributed by atoms with E-state index >= 15 is 0 Å². The summed E-state index contributed by atoms with van der Waals surface area (Å²) in [6.07, 6.45) is 5.58. The normalized spacial score (nSPS) is 29.5. The fourth-order valence-electron chi connectivity index (χ4n) is 4.34. The zero-order chi connectivity index (χ0) is 15.3. The molecule has 5 heteroatoms. The van der Waals surface area contributed by atoms with Crippen LogP contribution in [0.25, 0.3) is 0 Å². The number of sulfonamides is 1. The van der Waals surface area contributed by atoms with Crippen LogP contribution < -0.4 is 0 Å². The molecule has 2 saturated heterocycles. The predicted octanol–water partition coefficient (Wildman–Crippen LogP) is 2.03. The molecule has 0 aromatic heterocycles. The number of rotatable bonds is 2. The lowest BCUT2D eigenvalue weighted by Gasteiger charge is -2.41. The van der Waals surface area contributed by atoms with Gasteiger partial charge in [-0.1, -0.05) is 6.07 Å². The van der Waals surface area contributed by atoms with Gasteiger partial charge >= 0.3 is 0 Å². The number of piperazine rings is 1. The Morgan fingerprint density at radius 1 is 1.09 bits per heavy atom. The maximum atomic E-state index is 13.1. The Hall–Kier alpha value is -0.910. The zero-order valence-electron chi connectivity index (χ0n) is 13.2. The summed E-state index contributed by atoms with van der Waals surface area (Å²) in [5.74, 6) is 0. The minimum atomic E-state index is -3.36. The Balaban J connectivity index is 1.65. The second kappa shape index (κ2) is 5.32. The number of hydrogen-bond donors (Lipinski definition) is 0. The maximum absolute atomic E-state index is 13.1. The van der Waals surface area contributed by atoms with Crippen LogP contribution >= 0.6 is 0 Å². The molecule has 4 nitrogen and oxygen atoms in total. The van der Waals surface area contributed by atoms with E-state index in [0.29, 0.717) is 17.5 Å². The van der Waals surface area contributed by atoms with E-state index in [0.717, 1.165) is 38.8 Å². The lowest BCUT2D eigenvalue weighted by atomic mass is 10.1. The van der Waals surface area contributed by atoms with E-state index in [4.69, 9.17) is 0 Å². The third-order valence-electron chi connectivity index (χ3n) is 5.56. The molecule has 1 aromatic rings. The third-order valence-corrected chi connectivity index (χ3v) is 7.53. The maximum Gasteiger partial charge on any atom is 0.243 e. The van der Waals surface area contributed by atoms with Crippen LogP contribution in [0.15, 0.2) is 23.1 Å². The molecule has 0 amide bonds. The van der Waals surface area contributed by atoms with Crippen LogP contribution in [0, 0.1) is 0 Å². The van der Waals surface area contributed by atoms with Crippen LogP contribution in [-0.4, -0.2) is 49.3 Å². The quantitative estimate of drug-likeness (QED) is 0.837. The van der Waals surface area contributed by atoms with E-state index in [-0.39, 0.29) is 6.04 Å². The Bertz CT molecular complexity index is 686. The molecule has 2 fully saturated rings. The van der Waals surface area contributed by atoms with Gasteiger partial charge in [0.05, 0.1) is 4.90 Å². The van der Waals surface area contributed by atoms with Crippen molar-refractivity contribution in [1.82, 2.24) is 9.21 Å². The van der Waals surface area contributed by atoms with Gasteiger partial charge in [-0.05, 0) is 68.8 Å². The summed E-state index contributed by atoms with van der Waals surface area (Å²) < 4.78 is 27.9. The van der Waals surface area contributed by atoms with Crippen molar-refractivity contribution in [2.24, 2.45) is 0 Å². The molecule has 1 aliphatic carbocycles. The molecular formula is C17H24N2O2S. The van der Waals surface area contributed by atoms with E-state index in [2.05, 4.69) is 4.90 Å². The van der Waals surface area contributed by atoms with Gasteiger partial charge in [0.2, 0.25) is 10.0 Å². The Morgan fingerprint density at radius 3 is 2.77 bits per heavy atom. The van der Waals surface area contributed by atoms with Gasteiger partial charge in [-0.3, -0.25) is 4.90 Å². The lowest BCUT2D eigenvalue weighted by Crippen LogP contribution is -2.56. The number of aryl methyl sites for hydroxylation is 2. The number of benzene rings is 1. The van der Waals surface area contributed by atoms with Crippen LogP contribution in [0.2, 0.25) is 0 Å². The molecule has 4 rings (SSSR count). The van der Waals surface area contributed by atoms with E-state index in [1.807, 2.05) is 25.1 Å². The Kier molecular flexibility index (Phi) is 3.55. The molecule has 3 aliphatic rings. The third kappa shape index (κ3) is 2.30. The summed E-state index contributed by atoms with van der Waals surface area (Å²) >= 11 is 0. The molecule has 1 aromatic carbocycles. The first-order valence-corrected chi connectivity index (χ1v) is 9.87. The van der Waals surface area contributed by atoms with Crippen LogP contribution in [0.1, 0.15) is 37.3 Å². The van der Waals surface area contributed by atoms with Gasteiger partial charge in [-0.2, -0.15) is 4.31 Å². The highest BCUT2D eigenvalue weighted by Crippen LogP contribution is 2.31. The predicted molar refractivity (Wildman–Crippen MR) is 86.4 cm³/mol. The molecule has 2 aliphatic heterocycles. The summed E-state index contributed by atoms with van der Waals surface area (Å²) in [6, 6.07) is 6.23. The molecule has 0 unspecified atom stereocenters. The summed E-state index contributed by atoms with van der Waals surface area (Å²) in [6.45, 7) is 4.69. The van der Waals surface area contributed by atoms with Crippen molar-refractivity contribution in [3.8, 4) is 0 Å². The monoisotopic (exact) mass is 320 g/mol. The molecule has 2 heterocycles. The van der Waals surface area contributed by atoms with Crippen molar-refractivity contribution in [2.45, 2.75) is 56.0 Å². The molecule has 120 valence electrons. The summed E-state index contributed by atoms with van der Waals surface area (Å²) in [5, 5.41) is 0. The molecule has 0 bridgehead atoms. The fourth-order valence-corrected chi connectivity index (χ4v) is 6.05. The van der Waals surface area contributed by atoms with E-state index in [1.54, 1.807) is 4.31 Å². The highest BCUT2D eigenvalue weighted by Gasteiger charge is 2.40. The van der Waals surface area contributed by atoms with E-state index in [1.165, 1.54) is 17.5 Å². The SMILES string of the molecule is C[C@@H]1CN2CCC[C@H]2CN1S(=O)(=O)c1ccc2c(c1)CCC2. The average Bonchev–Trinajstić information content (AvgIpc) is 3.13. The average molecular weight is 320 g/mol. The molecular weight excluding hydrogens is 296 g/mol. The van der Waals surface area contributed by atoms with Crippen molar-refractivity contribution >= 4 is 10.0 Å². The van der Waals surface area contributed by atoms with Gasteiger partial charge in [-0.15, -0.1) is 0 Å². The highest BCUT2D eigenvalue weighted by atomic mass is 32.2. The number of nitrogens with zero attached hydrogens (tertiary/aromatic N) is 2. The first-order valence-electron chi connectivity index (χ1n) is 8.43. The molecule has 22 heavy (non-hydrogen) atoms. The number of hydrogen-bond acceptors (Lipinski definition) is 3. The van der Waals surface area contributed by atoms with Crippen molar-refractivity contribution in [3.63, 3.8) is 0 Å². The highest BCUT2D eigenvalue weighted by molar-refractivity contribution is 7.89. The van der Waals surface area contributed by atoms with E-state index < -0.39 is 10.0 Å². The van der Waals surface area contributed by atoms with Crippen molar-refractivity contribution < 1.29 is 8.42 Å². The summed E-state index contributed by atoms with van der Waals surface area (Å²) in [7, 11) is -3.36. The van der Waals surface area contributed by atoms with Crippen molar-refractivity contribution in [2.75, 3.05) is 19.6 Å². The van der Waals surface area contributed by atoms with Crippen molar-refractivity contribution in [1.29, 1.82) is 0 Å². The van der Waals surface area contributed by atoms with Gasteiger partial charge in [0, 0.05) is 25.2 Å². The first kappa shape index (κ1) is 14.7. The van der Waals surface area contributed by atoms with Crippen LogP contribution in [0.3, 0.4) is 0 Å². The minimum absolute atomic E-state index is 0.0626. The van der Waals surface area contributed by atoms with Crippen LogP contribution in [-0.2, 0) is 22.9 Å². The molecule has 0 saturated carbocycles. The first-order chi connectivity index (χ1) is 10.6. The number of fused-ring (bicyclic) bond motifs is 2. The van der Waals surface area contributed by atoms with Gasteiger partial charge in [-0.25, -0.2) is 8.42 Å². The molecule has 0 N–H and O–H groups in total. The van der Waals surface area contributed by atoms with Gasteiger partial charge in [0.1, 0.15) is 0 Å². The Labute approximate surface area is 133 Å². The standard InChI is InChI=1S/C17H24N2O2S/c1-13-11-18-9-3-6-16(18)12-19(13)22(20,21)17-8-7-14-4-2-5-15(14)10-17/h7-8,10,13,16H,2-6,9,11-12H2,1H3/t13-,16+/m1/s1. The van der Waals surface area contributed by atoms with Crippen molar-refractivity contribution in [3.05, 3.63) is 29.3 Å². The molecule has 0 spiro atoms. The summed E-state index contributed by atoms with van der Waals surface area (Å²) in [4.78, 5) is 2.95. The lowest BCUT2D eigenvalue weighted by molar-refractivity contribution is 0.117.